The first-order valence-corrected chi connectivity index (χ1v) is 11.5. The number of nitrogens with one attached hydrogen (secondary N) is 3. The molecule has 7 nitrogen and oxygen atoms in total. The highest BCUT2D eigenvalue weighted by atomic mass is 32.1. The normalized spacial score (nSPS) is 10.3. The third-order valence-corrected chi connectivity index (χ3v) is 6.01. The van der Waals surface area contributed by atoms with Gasteiger partial charge in [-0.1, -0.05) is 49.4 Å². The van der Waals surface area contributed by atoms with Crippen LogP contribution in [0.5, 0.6) is 5.75 Å². The fraction of sp³-hybridized carbons (Fsp3) is 0.208. The number of ether oxygens (including phenoxy) is 2. The highest BCUT2D eigenvalue weighted by Crippen LogP contribution is 2.40. The van der Waals surface area contributed by atoms with Crippen molar-refractivity contribution in [3.05, 3.63) is 70.6 Å². The Kier molecular flexibility index (Phi) is 8.39. The zero-order valence-corrected chi connectivity index (χ0v) is 20.2. The van der Waals surface area contributed by atoms with E-state index in [9.17, 15) is 9.59 Å². The smallest absolute Gasteiger partial charge is 0.341 e. The van der Waals surface area contributed by atoms with Crippen LogP contribution in [0.4, 0.5) is 5.00 Å². The molecular formula is C24H25N3O4S2. The lowest BCUT2D eigenvalue weighted by Crippen LogP contribution is -2.45. The molecule has 3 rings (SSSR count). The van der Waals surface area contributed by atoms with Crippen LogP contribution in [0, 0.1) is 6.92 Å². The second-order valence-electron chi connectivity index (χ2n) is 7.01. The van der Waals surface area contributed by atoms with Crippen molar-refractivity contribution in [2.24, 2.45) is 0 Å². The zero-order valence-electron chi connectivity index (χ0n) is 18.6. The number of anilines is 1. The molecule has 0 fully saturated rings. The fourth-order valence-corrected chi connectivity index (χ4v) is 4.44. The molecule has 1 aromatic heterocycles. The van der Waals surface area contributed by atoms with Crippen molar-refractivity contribution in [2.75, 3.05) is 19.0 Å². The summed E-state index contributed by atoms with van der Waals surface area (Å²) in [5, 5.41) is 3.63. The van der Waals surface area contributed by atoms with Crippen molar-refractivity contribution in [1.29, 1.82) is 0 Å². The molecule has 0 atom stereocenters. The Morgan fingerprint density at radius 2 is 1.73 bits per heavy atom. The third kappa shape index (κ3) is 6.30. The Bertz CT molecular complexity index is 1130. The predicted molar refractivity (Wildman–Crippen MR) is 135 cm³/mol. The van der Waals surface area contributed by atoms with Crippen LogP contribution in [0.3, 0.4) is 0 Å². The average Bonchev–Trinajstić information content (AvgIpc) is 3.16. The van der Waals surface area contributed by atoms with Gasteiger partial charge >= 0.3 is 5.97 Å². The highest BCUT2D eigenvalue weighted by Gasteiger charge is 2.24. The Balaban J connectivity index is 1.61. The van der Waals surface area contributed by atoms with Gasteiger partial charge in [-0.05, 0) is 48.8 Å². The van der Waals surface area contributed by atoms with Gasteiger partial charge in [0.05, 0.1) is 7.11 Å². The molecule has 1 amide bonds. The van der Waals surface area contributed by atoms with Crippen molar-refractivity contribution in [3.8, 4) is 16.9 Å². The summed E-state index contributed by atoms with van der Waals surface area (Å²) in [6.45, 7) is 3.82. The van der Waals surface area contributed by atoms with Gasteiger partial charge in [0.1, 0.15) is 16.3 Å². The van der Waals surface area contributed by atoms with E-state index in [0.717, 1.165) is 22.4 Å². The summed E-state index contributed by atoms with van der Waals surface area (Å²) >= 11 is 6.66. The minimum atomic E-state index is -0.477. The van der Waals surface area contributed by atoms with E-state index in [1.807, 2.05) is 61.5 Å². The molecular weight excluding hydrogens is 458 g/mol. The van der Waals surface area contributed by atoms with Gasteiger partial charge in [0, 0.05) is 10.4 Å². The number of benzene rings is 2. The monoisotopic (exact) mass is 483 g/mol. The molecule has 0 aliphatic rings. The number of thiocarbonyl (C=S) groups is 1. The molecule has 0 saturated carbocycles. The molecule has 1 heterocycles. The lowest BCUT2D eigenvalue weighted by molar-refractivity contribution is -0.123. The summed E-state index contributed by atoms with van der Waals surface area (Å²) in [5.41, 5.74) is 8.38. The van der Waals surface area contributed by atoms with Crippen LogP contribution >= 0.6 is 23.6 Å². The van der Waals surface area contributed by atoms with E-state index in [2.05, 4.69) is 23.1 Å². The van der Waals surface area contributed by atoms with Gasteiger partial charge in [-0.15, -0.1) is 11.3 Å². The van der Waals surface area contributed by atoms with Crippen molar-refractivity contribution >= 4 is 45.5 Å². The van der Waals surface area contributed by atoms with Crippen molar-refractivity contribution < 1.29 is 19.1 Å². The zero-order chi connectivity index (χ0) is 23.8. The quantitative estimate of drug-likeness (QED) is 0.260. The third-order valence-electron chi connectivity index (χ3n) is 4.78. The molecule has 33 heavy (non-hydrogen) atoms. The molecule has 172 valence electrons. The number of hydrogen-bond donors (Lipinski definition) is 3. The van der Waals surface area contributed by atoms with E-state index >= 15 is 0 Å². The maximum absolute atomic E-state index is 12.5. The van der Waals surface area contributed by atoms with Gasteiger partial charge in [-0.25, -0.2) is 4.79 Å². The second-order valence-corrected chi connectivity index (χ2v) is 8.64. The minimum absolute atomic E-state index is 0.127. The Hall–Kier alpha value is -3.43. The Morgan fingerprint density at radius 1 is 1.03 bits per heavy atom. The first kappa shape index (κ1) is 24.2. The van der Waals surface area contributed by atoms with Crippen LogP contribution in [-0.2, 0) is 16.0 Å². The molecule has 0 spiro atoms. The van der Waals surface area contributed by atoms with E-state index in [1.165, 1.54) is 24.0 Å². The van der Waals surface area contributed by atoms with Gasteiger partial charge in [-0.2, -0.15) is 0 Å². The number of methoxy groups -OCH3 is 1. The standard InChI is InChI=1S/C24H25N3O4S2/c1-4-16-10-12-18(13-11-16)31-14-19(28)26-27-24(32)25-22-21(23(29)30-3)20(15(2)33-22)17-8-6-5-7-9-17/h5-13H,4,14H2,1-3H3,(H,26,28)(H2,25,27,32). The molecule has 0 radical (unpaired) electrons. The van der Waals surface area contributed by atoms with E-state index in [1.54, 1.807) is 0 Å². The summed E-state index contributed by atoms with van der Waals surface area (Å²) in [7, 11) is 1.33. The van der Waals surface area contributed by atoms with Gasteiger partial charge < -0.3 is 14.8 Å². The van der Waals surface area contributed by atoms with Gasteiger partial charge in [0.15, 0.2) is 11.7 Å². The summed E-state index contributed by atoms with van der Waals surface area (Å²) < 4.78 is 10.5. The van der Waals surface area contributed by atoms with Gasteiger partial charge in [0.25, 0.3) is 5.91 Å². The number of carbonyl (C=O) groups excluding carboxylic acids is 2. The maximum atomic E-state index is 12.5. The topological polar surface area (TPSA) is 88.7 Å². The maximum Gasteiger partial charge on any atom is 0.341 e. The fourth-order valence-electron chi connectivity index (χ4n) is 3.15. The summed E-state index contributed by atoms with van der Waals surface area (Å²) in [6, 6.07) is 17.1. The minimum Gasteiger partial charge on any atom is -0.484 e. The second kappa shape index (κ2) is 11.4. The largest absolute Gasteiger partial charge is 0.484 e. The van der Waals surface area contributed by atoms with Crippen LogP contribution in [0.2, 0.25) is 0 Å². The van der Waals surface area contributed by atoms with Crippen molar-refractivity contribution in [2.45, 2.75) is 20.3 Å². The van der Waals surface area contributed by atoms with E-state index < -0.39 is 11.9 Å². The summed E-state index contributed by atoms with van der Waals surface area (Å²) in [6.07, 6.45) is 0.934. The van der Waals surface area contributed by atoms with E-state index in [4.69, 9.17) is 21.7 Å². The Morgan fingerprint density at radius 3 is 2.36 bits per heavy atom. The number of amides is 1. The van der Waals surface area contributed by atoms with E-state index in [0.29, 0.717) is 16.3 Å². The number of thiophene rings is 1. The predicted octanol–water partition coefficient (Wildman–Crippen LogP) is 4.47. The first-order chi connectivity index (χ1) is 15.9. The molecule has 0 aliphatic heterocycles. The van der Waals surface area contributed by atoms with Crippen LogP contribution < -0.4 is 20.9 Å². The lowest BCUT2D eigenvalue weighted by Gasteiger charge is -2.12. The van der Waals surface area contributed by atoms with Crippen molar-refractivity contribution in [3.63, 3.8) is 0 Å². The van der Waals surface area contributed by atoms with Crippen LogP contribution in [0.15, 0.2) is 54.6 Å². The number of esters is 1. The number of hydrazine groups is 1. The lowest BCUT2D eigenvalue weighted by atomic mass is 10.0. The molecule has 9 heteroatoms. The molecule has 3 N–H and O–H groups in total. The summed E-state index contributed by atoms with van der Waals surface area (Å²) in [4.78, 5) is 25.6. The summed E-state index contributed by atoms with van der Waals surface area (Å²) in [5.74, 6) is -0.275. The molecule has 0 bridgehead atoms. The SMILES string of the molecule is CCc1ccc(OCC(=O)NNC(=S)Nc2sc(C)c(-c3ccccc3)c2C(=O)OC)cc1. The van der Waals surface area contributed by atoms with Crippen LogP contribution in [0.25, 0.3) is 11.1 Å². The number of carbonyl (C=O) groups is 2. The van der Waals surface area contributed by atoms with Gasteiger partial charge in [-0.3, -0.25) is 15.6 Å². The molecule has 3 aromatic rings. The van der Waals surface area contributed by atoms with Gasteiger partial charge in [0.2, 0.25) is 0 Å². The molecule has 0 saturated heterocycles. The molecule has 0 aliphatic carbocycles. The number of rotatable bonds is 7. The Labute approximate surface area is 202 Å². The van der Waals surface area contributed by atoms with Crippen LogP contribution in [0.1, 0.15) is 27.7 Å². The average molecular weight is 484 g/mol. The first-order valence-electron chi connectivity index (χ1n) is 10.3. The molecule has 0 unspecified atom stereocenters. The van der Waals surface area contributed by atoms with Crippen molar-refractivity contribution in [1.82, 2.24) is 10.9 Å². The van der Waals surface area contributed by atoms with E-state index in [-0.39, 0.29) is 11.7 Å². The molecule has 2 aromatic carbocycles. The van der Waals surface area contributed by atoms with Crippen LogP contribution in [-0.4, -0.2) is 30.7 Å². The highest BCUT2D eigenvalue weighted by molar-refractivity contribution is 7.80. The number of aryl methyl sites for hydroxylation is 2. The number of hydrogen-bond acceptors (Lipinski definition) is 6.